The van der Waals surface area contributed by atoms with Gasteiger partial charge in [0.2, 0.25) is 0 Å². The number of nitrogens with zero attached hydrogens (tertiary/aromatic N) is 1. The van der Waals surface area contributed by atoms with Gasteiger partial charge in [0.1, 0.15) is 5.82 Å². The Balaban J connectivity index is 1.95. The normalized spacial score (nSPS) is 10.7. The molecular weight excluding hydrogens is 230 g/mol. The molecule has 0 aliphatic carbocycles. The lowest BCUT2D eigenvalue weighted by molar-refractivity contribution is 0.794. The molecule has 17 heavy (non-hydrogen) atoms. The number of imidazole rings is 1. The first-order chi connectivity index (χ1) is 8.29. The summed E-state index contributed by atoms with van der Waals surface area (Å²) in [6.45, 7) is 2.97. The van der Waals surface area contributed by atoms with Crippen LogP contribution in [0, 0.1) is 6.92 Å². The average molecular weight is 247 g/mol. The summed E-state index contributed by atoms with van der Waals surface area (Å²) < 4.78 is 0. The summed E-state index contributed by atoms with van der Waals surface area (Å²) in [6, 6.07) is 8.43. The van der Waals surface area contributed by atoms with E-state index in [1.807, 2.05) is 25.0 Å². The predicted molar refractivity (Wildman–Crippen MR) is 72.1 cm³/mol. The molecule has 0 fully saturated rings. The van der Waals surface area contributed by atoms with Crippen LogP contribution in [0.25, 0.3) is 0 Å². The molecule has 0 spiro atoms. The second-order valence-corrected chi connectivity index (χ2v) is 4.96. The number of benzene rings is 1. The van der Waals surface area contributed by atoms with Gasteiger partial charge >= 0.3 is 0 Å². The van der Waals surface area contributed by atoms with Crippen LogP contribution in [0.15, 0.2) is 35.4 Å². The summed E-state index contributed by atoms with van der Waals surface area (Å²) in [7, 11) is 1.93. The molecule has 0 saturated carbocycles. The van der Waals surface area contributed by atoms with Gasteiger partial charge in [-0.1, -0.05) is 18.2 Å². The quantitative estimate of drug-likeness (QED) is 0.798. The molecule has 0 atom stereocenters. The Labute approximate surface area is 106 Å². The van der Waals surface area contributed by atoms with E-state index in [0.29, 0.717) is 0 Å². The van der Waals surface area contributed by atoms with E-state index in [4.69, 9.17) is 0 Å². The van der Waals surface area contributed by atoms with E-state index in [1.54, 1.807) is 0 Å². The van der Waals surface area contributed by atoms with E-state index in [-0.39, 0.29) is 0 Å². The lowest BCUT2D eigenvalue weighted by atomic mass is 10.2. The maximum absolute atomic E-state index is 4.36. The van der Waals surface area contributed by atoms with Crippen LogP contribution in [0.4, 0.5) is 0 Å². The number of thioether (sulfide) groups is 1. The van der Waals surface area contributed by atoms with Gasteiger partial charge in [-0.3, -0.25) is 0 Å². The van der Waals surface area contributed by atoms with Crippen LogP contribution in [-0.2, 0) is 12.3 Å². The van der Waals surface area contributed by atoms with Gasteiger partial charge in [0, 0.05) is 23.3 Å². The molecule has 0 aliphatic heterocycles. The van der Waals surface area contributed by atoms with E-state index in [0.717, 1.165) is 23.8 Å². The van der Waals surface area contributed by atoms with Gasteiger partial charge in [-0.25, -0.2) is 4.98 Å². The fourth-order valence-electron chi connectivity index (χ4n) is 1.62. The van der Waals surface area contributed by atoms with Gasteiger partial charge in [0.15, 0.2) is 0 Å². The first-order valence-corrected chi connectivity index (χ1v) is 6.64. The van der Waals surface area contributed by atoms with E-state index in [2.05, 4.69) is 46.5 Å². The first kappa shape index (κ1) is 12.2. The predicted octanol–water partition coefficient (Wildman–Crippen LogP) is 2.73. The van der Waals surface area contributed by atoms with Gasteiger partial charge < -0.3 is 10.3 Å². The third-order valence-electron chi connectivity index (χ3n) is 2.51. The summed E-state index contributed by atoms with van der Waals surface area (Å²) >= 11 is 1.82. The van der Waals surface area contributed by atoms with Crippen molar-refractivity contribution in [1.82, 2.24) is 15.3 Å². The SMILES string of the molecule is CNCc1cnc(CSc2ccccc2C)[nH]1. The Kier molecular flexibility index (Phi) is 4.23. The molecule has 3 nitrogen and oxygen atoms in total. The van der Waals surface area contributed by atoms with Crippen molar-refractivity contribution in [2.45, 2.75) is 24.1 Å². The van der Waals surface area contributed by atoms with Crippen LogP contribution in [0.2, 0.25) is 0 Å². The van der Waals surface area contributed by atoms with Crippen LogP contribution in [0.3, 0.4) is 0 Å². The van der Waals surface area contributed by atoms with Crippen molar-refractivity contribution in [3.05, 3.63) is 47.5 Å². The maximum atomic E-state index is 4.36. The molecule has 1 aromatic heterocycles. The van der Waals surface area contributed by atoms with Crippen molar-refractivity contribution in [2.24, 2.45) is 0 Å². The molecule has 4 heteroatoms. The van der Waals surface area contributed by atoms with Crippen molar-refractivity contribution in [3.8, 4) is 0 Å². The van der Waals surface area contributed by atoms with Crippen molar-refractivity contribution < 1.29 is 0 Å². The molecule has 1 aromatic carbocycles. The number of aromatic amines is 1. The molecule has 2 rings (SSSR count). The molecular formula is C13H17N3S. The van der Waals surface area contributed by atoms with Gasteiger partial charge in [0.25, 0.3) is 0 Å². The average Bonchev–Trinajstić information content (AvgIpc) is 2.76. The monoisotopic (exact) mass is 247 g/mol. The van der Waals surface area contributed by atoms with E-state index in [1.165, 1.54) is 10.5 Å². The van der Waals surface area contributed by atoms with Gasteiger partial charge in [-0.05, 0) is 25.6 Å². The topological polar surface area (TPSA) is 40.7 Å². The van der Waals surface area contributed by atoms with Crippen molar-refractivity contribution >= 4 is 11.8 Å². The number of aromatic nitrogens is 2. The van der Waals surface area contributed by atoms with E-state index < -0.39 is 0 Å². The Bertz CT molecular complexity index is 479. The molecule has 1 heterocycles. The Morgan fingerprint density at radius 2 is 2.18 bits per heavy atom. The Hall–Kier alpha value is -1.26. The molecule has 0 saturated heterocycles. The van der Waals surface area contributed by atoms with Crippen molar-refractivity contribution in [1.29, 1.82) is 0 Å². The van der Waals surface area contributed by atoms with Crippen LogP contribution >= 0.6 is 11.8 Å². The number of hydrogen-bond acceptors (Lipinski definition) is 3. The third kappa shape index (κ3) is 3.35. The molecule has 0 aliphatic rings. The fraction of sp³-hybridized carbons (Fsp3) is 0.308. The van der Waals surface area contributed by atoms with Crippen LogP contribution in [0.1, 0.15) is 17.1 Å². The number of nitrogens with one attached hydrogen (secondary N) is 2. The summed E-state index contributed by atoms with van der Waals surface area (Å²) in [4.78, 5) is 8.99. The first-order valence-electron chi connectivity index (χ1n) is 5.65. The number of rotatable bonds is 5. The van der Waals surface area contributed by atoms with Crippen molar-refractivity contribution in [2.75, 3.05) is 7.05 Å². The lowest BCUT2D eigenvalue weighted by Gasteiger charge is -2.03. The second kappa shape index (κ2) is 5.89. The zero-order valence-electron chi connectivity index (χ0n) is 10.2. The summed E-state index contributed by atoms with van der Waals surface area (Å²) in [5.74, 6) is 1.91. The minimum absolute atomic E-state index is 0.835. The number of aryl methyl sites for hydroxylation is 1. The highest BCUT2D eigenvalue weighted by molar-refractivity contribution is 7.98. The van der Waals surface area contributed by atoms with Crippen molar-refractivity contribution in [3.63, 3.8) is 0 Å². The molecule has 0 amide bonds. The summed E-state index contributed by atoms with van der Waals surface area (Å²) in [6.07, 6.45) is 1.89. The van der Waals surface area contributed by atoms with Gasteiger partial charge in [-0.2, -0.15) is 0 Å². The van der Waals surface area contributed by atoms with Crippen LogP contribution in [0.5, 0.6) is 0 Å². The minimum Gasteiger partial charge on any atom is -0.344 e. The zero-order valence-corrected chi connectivity index (χ0v) is 11.0. The van der Waals surface area contributed by atoms with Crippen LogP contribution < -0.4 is 5.32 Å². The largest absolute Gasteiger partial charge is 0.344 e. The molecule has 0 bridgehead atoms. The summed E-state index contributed by atoms with van der Waals surface area (Å²) in [5.41, 5.74) is 2.45. The highest BCUT2D eigenvalue weighted by Crippen LogP contribution is 2.24. The number of hydrogen-bond donors (Lipinski definition) is 2. The van der Waals surface area contributed by atoms with Gasteiger partial charge in [-0.15, -0.1) is 11.8 Å². The number of H-pyrrole nitrogens is 1. The molecule has 0 unspecified atom stereocenters. The molecule has 2 N–H and O–H groups in total. The zero-order chi connectivity index (χ0) is 12.1. The van der Waals surface area contributed by atoms with E-state index >= 15 is 0 Å². The molecule has 90 valence electrons. The fourth-order valence-corrected chi connectivity index (χ4v) is 2.53. The van der Waals surface area contributed by atoms with Gasteiger partial charge in [0.05, 0.1) is 5.75 Å². The Morgan fingerprint density at radius 1 is 1.35 bits per heavy atom. The smallest absolute Gasteiger partial charge is 0.116 e. The highest BCUT2D eigenvalue weighted by atomic mass is 32.2. The van der Waals surface area contributed by atoms with Crippen LogP contribution in [-0.4, -0.2) is 17.0 Å². The lowest BCUT2D eigenvalue weighted by Crippen LogP contribution is -2.05. The highest BCUT2D eigenvalue weighted by Gasteiger charge is 2.02. The second-order valence-electron chi connectivity index (χ2n) is 3.94. The minimum atomic E-state index is 0.835. The molecule has 0 radical (unpaired) electrons. The standard InChI is InChI=1S/C13H17N3S/c1-10-5-3-4-6-12(10)17-9-13-15-8-11(16-13)7-14-2/h3-6,8,14H,7,9H2,1-2H3,(H,15,16). The summed E-state index contributed by atoms with van der Waals surface area (Å²) in [5, 5.41) is 3.10. The maximum Gasteiger partial charge on any atom is 0.116 e. The Morgan fingerprint density at radius 3 is 2.94 bits per heavy atom. The molecule has 2 aromatic rings. The van der Waals surface area contributed by atoms with E-state index in [9.17, 15) is 0 Å². The third-order valence-corrected chi connectivity index (χ3v) is 3.69.